The molecular weight excluding hydrogens is 275 g/mol. The summed E-state index contributed by atoms with van der Waals surface area (Å²) in [5.41, 5.74) is 1.02. The van der Waals surface area contributed by atoms with E-state index in [1.165, 1.54) is 13.2 Å². The van der Waals surface area contributed by atoms with E-state index in [2.05, 4.69) is 9.97 Å². The van der Waals surface area contributed by atoms with Crippen LogP contribution in [0.1, 0.15) is 5.82 Å². The fraction of sp³-hybridized carbons (Fsp3) is 0.167. The highest BCUT2D eigenvalue weighted by atomic mass is 35.5. The molecule has 0 unspecified atom stereocenters. The van der Waals surface area contributed by atoms with Crippen LogP contribution >= 0.6 is 23.2 Å². The Hall–Kier alpha value is -1.36. The van der Waals surface area contributed by atoms with Gasteiger partial charge in [-0.2, -0.15) is 0 Å². The second-order valence-electron chi connectivity index (χ2n) is 3.64. The van der Waals surface area contributed by atoms with Gasteiger partial charge in [-0.3, -0.25) is 4.79 Å². The average molecular weight is 285 g/mol. The van der Waals surface area contributed by atoms with Gasteiger partial charge in [-0.15, -0.1) is 0 Å². The van der Waals surface area contributed by atoms with Crippen LogP contribution < -0.4 is 5.56 Å². The normalized spacial score (nSPS) is 10.6. The topological polar surface area (TPSA) is 55.0 Å². The lowest BCUT2D eigenvalue weighted by Crippen LogP contribution is -2.11. The summed E-state index contributed by atoms with van der Waals surface area (Å²) in [6.45, 7) is 0.240. The van der Waals surface area contributed by atoms with E-state index in [1.807, 2.05) is 0 Å². The zero-order chi connectivity index (χ0) is 13.1. The number of benzene rings is 1. The molecule has 0 aliphatic heterocycles. The third-order valence-electron chi connectivity index (χ3n) is 2.29. The Kier molecular flexibility index (Phi) is 4.01. The summed E-state index contributed by atoms with van der Waals surface area (Å²) in [6, 6.07) is 6.49. The number of ether oxygens (including phenoxy) is 1. The lowest BCUT2D eigenvalue weighted by Gasteiger charge is -2.05. The van der Waals surface area contributed by atoms with Crippen molar-refractivity contribution in [1.82, 2.24) is 9.97 Å². The van der Waals surface area contributed by atoms with E-state index in [0.717, 1.165) is 5.56 Å². The molecule has 0 amide bonds. The number of rotatable bonds is 3. The van der Waals surface area contributed by atoms with Crippen LogP contribution in [0.3, 0.4) is 0 Å². The first-order chi connectivity index (χ1) is 8.60. The molecule has 0 atom stereocenters. The second kappa shape index (κ2) is 5.52. The quantitative estimate of drug-likeness (QED) is 0.943. The largest absolute Gasteiger partial charge is 0.377 e. The van der Waals surface area contributed by atoms with Gasteiger partial charge in [-0.05, 0) is 12.1 Å². The summed E-state index contributed by atoms with van der Waals surface area (Å²) in [4.78, 5) is 18.4. The molecule has 0 spiro atoms. The van der Waals surface area contributed by atoms with Gasteiger partial charge in [-0.25, -0.2) is 4.98 Å². The summed E-state index contributed by atoms with van der Waals surface area (Å²) >= 11 is 11.8. The molecule has 1 aromatic carbocycles. The number of aromatic amines is 1. The maximum Gasteiger partial charge on any atom is 0.251 e. The molecule has 0 fully saturated rings. The number of aromatic nitrogens is 2. The van der Waals surface area contributed by atoms with Crippen molar-refractivity contribution in [1.29, 1.82) is 0 Å². The minimum absolute atomic E-state index is 0.238. The summed E-state index contributed by atoms with van der Waals surface area (Å²) < 4.78 is 4.94. The Bertz CT molecular complexity index is 626. The Labute approximate surface area is 114 Å². The van der Waals surface area contributed by atoms with Crippen LogP contribution in [0.5, 0.6) is 0 Å². The van der Waals surface area contributed by atoms with Gasteiger partial charge in [0.05, 0.1) is 15.7 Å². The number of nitrogens with zero attached hydrogens (tertiary/aromatic N) is 1. The Morgan fingerprint density at radius 2 is 2.06 bits per heavy atom. The van der Waals surface area contributed by atoms with Gasteiger partial charge >= 0.3 is 0 Å². The van der Waals surface area contributed by atoms with Gasteiger partial charge in [-0.1, -0.05) is 29.3 Å². The Morgan fingerprint density at radius 3 is 2.72 bits per heavy atom. The van der Waals surface area contributed by atoms with Crippen LogP contribution in [0.4, 0.5) is 0 Å². The van der Waals surface area contributed by atoms with Crippen LogP contribution in [0, 0.1) is 0 Å². The second-order valence-corrected chi connectivity index (χ2v) is 4.45. The standard InChI is InChI=1S/C12H10Cl2N2O2/c1-18-6-11-15-10(5-12(17)16-11)7-2-3-8(13)9(14)4-7/h2-5H,6H2,1H3,(H,15,16,17). The first kappa shape index (κ1) is 13.1. The number of hydrogen-bond donors (Lipinski definition) is 1. The number of nitrogens with one attached hydrogen (secondary N) is 1. The monoisotopic (exact) mass is 284 g/mol. The molecule has 18 heavy (non-hydrogen) atoms. The van der Waals surface area contributed by atoms with Crippen molar-refractivity contribution in [2.75, 3.05) is 7.11 Å². The third kappa shape index (κ3) is 2.90. The summed E-state index contributed by atoms with van der Waals surface area (Å²) in [5.74, 6) is 0.464. The molecule has 0 saturated carbocycles. The molecule has 1 aromatic heterocycles. The predicted molar refractivity (Wildman–Crippen MR) is 71.0 cm³/mol. The molecule has 1 N–H and O–H groups in total. The van der Waals surface area contributed by atoms with E-state index in [9.17, 15) is 4.79 Å². The van der Waals surface area contributed by atoms with Crippen LogP contribution in [-0.2, 0) is 11.3 Å². The molecule has 2 rings (SSSR count). The fourth-order valence-corrected chi connectivity index (χ4v) is 1.81. The summed E-state index contributed by atoms with van der Waals surface area (Å²) in [7, 11) is 1.53. The van der Waals surface area contributed by atoms with Gasteiger partial charge < -0.3 is 9.72 Å². The van der Waals surface area contributed by atoms with E-state index in [-0.39, 0.29) is 12.2 Å². The fourth-order valence-electron chi connectivity index (χ4n) is 1.52. The zero-order valence-electron chi connectivity index (χ0n) is 9.54. The highest BCUT2D eigenvalue weighted by molar-refractivity contribution is 6.42. The summed E-state index contributed by atoms with van der Waals surface area (Å²) in [6.07, 6.45) is 0. The SMILES string of the molecule is COCc1nc(-c2ccc(Cl)c(Cl)c2)cc(=O)[nH]1. The van der Waals surface area contributed by atoms with Crippen LogP contribution in [0.25, 0.3) is 11.3 Å². The first-order valence-corrected chi connectivity index (χ1v) is 5.90. The lowest BCUT2D eigenvalue weighted by molar-refractivity contribution is 0.177. The lowest BCUT2D eigenvalue weighted by atomic mass is 10.1. The van der Waals surface area contributed by atoms with Gasteiger partial charge in [0.1, 0.15) is 12.4 Å². The molecule has 2 aromatic rings. The molecule has 94 valence electrons. The van der Waals surface area contributed by atoms with E-state index in [1.54, 1.807) is 18.2 Å². The van der Waals surface area contributed by atoms with Gasteiger partial charge in [0, 0.05) is 18.7 Å². The minimum atomic E-state index is -0.238. The van der Waals surface area contributed by atoms with Gasteiger partial charge in [0.2, 0.25) is 0 Å². The molecule has 0 aliphatic rings. The molecular formula is C12H10Cl2N2O2. The van der Waals surface area contributed by atoms with Crippen LogP contribution in [0.2, 0.25) is 10.0 Å². The van der Waals surface area contributed by atoms with Crippen molar-refractivity contribution in [2.24, 2.45) is 0 Å². The maximum absolute atomic E-state index is 11.5. The van der Waals surface area contributed by atoms with Crippen LogP contribution in [0.15, 0.2) is 29.1 Å². The minimum Gasteiger partial charge on any atom is -0.377 e. The van der Waals surface area contributed by atoms with Crippen molar-refractivity contribution >= 4 is 23.2 Å². The molecule has 0 radical (unpaired) electrons. The highest BCUT2D eigenvalue weighted by Crippen LogP contribution is 2.27. The van der Waals surface area contributed by atoms with Gasteiger partial charge in [0.25, 0.3) is 5.56 Å². The van der Waals surface area contributed by atoms with Crippen LogP contribution in [-0.4, -0.2) is 17.1 Å². The summed E-state index contributed by atoms with van der Waals surface area (Å²) in [5, 5.41) is 0.881. The third-order valence-corrected chi connectivity index (χ3v) is 3.03. The van der Waals surface area contributed by atoms with Crippen molar-refractivity contribution in [3.05, 3.63) is 50.5 Å². The van der Waals surface area contributed by atoms with E-state index in [4.69, 9.17) is 27.9 Å². The molecule has 0 saturated heterocycles. The van der Waals surface area contributed by atoms with Gasteiger partial charge in [0.15, 0.2) is 0 Å². The van der Waals surface area contributed by atoms with Crippen molar-refractivity contribution in [3.63, 3.8) is 0 Å². The Balaban J connectivity index is 2.49. The van der Waals surface area contributed by atoms with Crippen molar-refractivity contribution < 1.29 is 4.74 Å². The highest BCUT2D eigenvalue weighted by Gasteiger charge is 2.06. The number of methoxy groups -OCH3 is 1. The number of halogens is 2. The Morgan fingerprint density at radius 1 is 1.28 bits per heavy atom. The molecule has 0 aliphatic carbocycles. The van der Waals surface area contributed by atoms with Crippen molar-refractivity contribution in [3.8, 4) is 11.3 Å². The number of H-pyrrole nitrogens is 1. The molecule has 1 heterocycles. The zero-order valence-corrected chi connectivity index (χ0v) is 11.0. The van der Waals surface area contributed by atoms with E-state index in [0.29, 0.717) is 21.6 Å². The van der Waals surface area contributed by atoms with E-state index < -0.39 is 0 Å². The molecule has 4 nitrogen and oxygen atoms in total. The first-order valence-electron chi connectivity index (χ1n) is 5.15. The predicted octanol–water partition coefficient (Wildman–Crippen LogP) is 2.89. The number of hydrogen-bond acceptors (Lipinski definition) is 3. The maximum atomic E-state index is 11.5. The average Bonchev–Trinajstić information content (AvgIpc) is 2.32. The smallest absolute Gasteiger partial charge is 0.251 e. The molecule has 6 heteroatoms. The van der Waals surface area contributed by atoms with Crippen molar-refractivity contribution in [2.45, 2.75) is 6.61 Å². The van der Waals surface area contributed by atoms with E-state index >= 15 is 0 Å². The molecule has 0 bridgehead atoms.